The highest BCUT2D eigenvalue weighted by Crippen LogP contribution is 2.28. The van der Waals surface area contributed by atoms with Gasteiger partial charge in [0.1, 0.15) is 11.9 Å². The van der Waals surface area contributed by atoms with Crippen LogP contribution in [0.4, 0.5) is 0 Å². The second kappa shape index (κ2) is 4.93. The largest absolute Gasteiger partial charge is 0.465 e. The fourth-order valence-corrected chi connectivity index (χ4v) is 1.68. The molecule has 0 bridgehead atoms. The molecule has 0 saturated carbocycles. The summed E-state index contributed by atoms with van der Waals surface area (Å²) in [4.78, 5) is 19.5. The van der Waals surface area contributed by atoms with E-state index in [2.05, 4.69) is 14.7 Å². The van der Waals surface area contributed by atoms with Crippen molar-refractivity contribution in [3.05, 3.63) is 47.4 Å². The molecular weight excluding hydrogens is 240 g/mol. The van der Waals surface area contributed by atoms with E-state index in [9.17, 15) is 4.79 Å². The van der Waals surface area contributed by atoms with E-state index >= 15 is 0 Å². The smallest absolute Gasteiger partial charge is 0.341 e. The van der Waals surface area contributed by atoms with Gasteiger partial charge in [-0.05, 0) is 6.07 Å². The summed E-state index contributed by atoms with van der Waals surface area (Å²) in [5.41, 5.74) is 1.44. The lowest BCUT2D eigenvalue weighted by Gasteiger charge is -2.07. The zero-order valence-electron chi connectivity index (χ0n) is 9.05. The number of carbonyl (C=O) groups excluding carboxylic acids is 1. The summed E-state index contributed by atoms with van der Waals surface area (Å²) in [5.74, 6) is -0.486. The van der Waals surface area contributed by atoms with Crippen molar-refractivity contribution in [1.29, 1.82) is 0 Å². The Hall–Kier alpha value is -1.94. The first-order chi connectivity index (χ1) is 8.24. The second-order valence-electron chi connectivity index (χ2n) is 3.26. The van der Waals surface area contributed by atoms with Gasteiger partial charge in [0.25, 0.3) is 0 Å². The quantitative estimate of drug-likeness (QED) is 0.767. The first-order valence-electron chi connectivity index (χ1n) is 4.87. The lowest BCUT2D eigenvalue weighted by atomic mass is 10.1. The molecular formula is C12H9ClN2O2. The number of benzene rings is 1. The van der Waals surface area contributed by atoms with E-state index in [1.54, 1.807) is 12.1 Å². The van der Waals surface area contributed by atoms with Crippen LogP contribution < -0.4 is 0 Å². The molecule has 17 heavy (non-hydrogen) atoms. The van der Waals surface area contributed by atoms with Crippen LogP contribution in [-0.2, 0) is 4.74 Å². The second-order valence-corrected chi connectivity index (χ2v) is 3.66. The molecule has 0 unspecified atom stereocenters. The predicted octanol–water partition coefficient (Wildman–Crippen LogP) is 2.58. The number of aromatic nitrogens is 2. The lowest BCUT2D eigenvalue weighted by Crippen LogP contribution is -2.05. The molecule has 1 aromatic heterocycles. The third-order valence-electron chi connectivity index (χ3n) is 2.25. The molecule has 0 aliphatic heterocycles. The molecule has 0 N–H and O–H groups in total. The highest BCUT2D eigenvalue weighted by molar-refractivity contribution is 6.33. The highest BCUT2D eigenvalue weighted by Gasteiger charge is 2.16. The number of carbonyl (C=O) groups is 1. The van der Waals surface area contributed by atoms with Crippen molar-refractivity contribution >= 4 is 17.6 Å². The Labute approximate surface area is 103 Å². The van der Waals surface area contributed by atoms with Gasteiger partial charge in [0.05, 0.1) is 12.8 Å². The summed E-state index contributed by atoms with van der Waals surface area (Å²) in [6.45, 7) is 0. The molecule has 0 aliphatic rings. The minimum Gasteiger partial charge on any atom is -0.465 e. The van der Waals surface area contributed by atoms with Crippen LogP contribution in [0.15, 0.2) is 36.8 Å². The monoisotopic (exact) mass is 248 g/mol. The van der Waals surface area contributed by atoms with Gasteiger partial charge < -0.3 is 4.74 Å². The van der Waals surface area contributed by atoms with Crippen molar-refractivity contribution in [3.63, 3.8) is 0 Å². The van der Waals surface area contributed by atoms with Crippen LogP contribution in [0.25, 0.3) is 11.3 Å². The first-order valence-corrected chi connectivity index (χ1v) is 5.25. The van der Waals surface area contributed by atoms with Gasteiger partial charge >= 0.3 is 5.97 Å². The average molecular weight is 249 g/mol. The number of ether oxygens (including phenoxy) is 1. The first kappa shape index (κ1) is 11.5. The third kappa shape index (κ3) is 2.26. The number of hydrogen-bond acceptors (Lipinski definition) is 4. The van der Waals surface area contributed by atoms with E-state index in [-0.39, 0.29) is 0 Å². The number of hydrogen-bond donors (Lipinski definition) is 0. The van der Waals surface area contributed by atoms with Gasteiger partial charge in [0, 0.05) is 16.8 Å². The number of esters is 1. The van der Waals surface area contributed by atoms with Crippen LogP contribution in [-0.4, -0.2) is 23.0 Å². The number of halogens is 1. The average Bonchev–Trinajstić information content (AvgIpc) is 2.38. The zero-order chi connectivity index (χ0) is 12.3. The molecule has 0 aliphatic carbocycles. The topological polar surface area (TPSA) is 52.1 Å². The minimum absolute atomic E-state index is 0.295. The lowest BCUT2D eigenvalue weighted by molar-refractivity contribution is 0.0600. The van der Waals surface area contributed by atoms with Crippen molar-refractivity contribution in [2.75, 3.05) is 7.11 Å². The molecule has 2 aromatic rings. The number of rotatable bonds is 2. The Morgan fingerprint density at radius 2 is 2.12 bits per heavy atom. The van der Waals surface area contributed by atoms with Gasteiger partial charge in [-0.1, -0.05) is 29.8 Å². The standard InChI is InChI=1S/C12H9ClN2O2/c1-17-12(16)9-6-14-7-15-11(9)8-4-2-3-5-10(8)13/h2-7H,1H3. The van der Waals surface area contributed by atoms with E-state index in [1.807, 2.05) is 12.1 Å². The van der Waals surface area contributed by atoms with E-state index in [0.29, 0.717) is 21.8 Å². The van der Waals surface area contributed by atoms with Gasteiger partial charge in [-0.25, -0.2) is 14.8 Å². The number of nitrogens with zero attached hydrogens (tertiary/aromatic N) is 2. The summed E-state index contributed by atoms with van der Waals surface area (Å²) in [6, 6.07) is 7.16. The van der Waals surface area contributed by atoms with Crippen molar-refractivity contribution < 1.29 is 9.53 Å². The maximum atomic E-state index is 11.6. The molecule has 2 rings (SSSR count). The van der Waals surface area contributed by atoms with Gasteiger partial charge in [-0.15, -0.1) is 0 Å². The zero-order valence-corrected chi connectivity index (χ0v) is 9.81. The highest BCUT2D eigenvalue weighted by atomic mass is 35.5. The molecule has 1 aromatic carbocycles. The van der Waals surface area contributed by atoms with Gasteiger partial charge in [0.2, 0.25) is 0 Å². The summed E-state index contributed by atoms with van der Waals surface area (Å²) in [5, 5.41) is 0.524. The van der Waals surface area contributed by atoms with E-state index in [0.717, 1.165) is 0 Å². The Bertz CT molecular complexity index is 558. The summed E-state index contributed by atoms with van der Waals surface area (Å²) in [6.07, 6.45) is 2.78. The fourth-order valence-electron chi connectivity index (χ4n) is 1.46. The molecule has 0 atom stereocenters. The summed E-state index contributed by atoms with van der Waals surface area (Å²) in [7, 11) is 1.31. The predicted molar refractivity (Wildman–Crippen MR) is 63.8 cm³/mol. The maximum Gasteiger partial charge on any atom is 0.341 e. The molecule has 4 nitrogen and oxygen atoms in total. The van der Waals surface area contributed by atoms with Crippen molar-refractivity contribution in [3.8, 4) is 11.3 Å². The summed E-state index contributed by atoms with van der Waals surface area (Å²) >= 11 is 6.07. The fraction of sp³-hybridized carbons (Fsp3) is 0.0833. The molecule has 5 heteroatoms. The third-order valence-corrected chi connectivity index (χ3v) is 2.58. The SMILES string of the molecule is COC(=O)c1cncnc1-c1ccccc1Cl. The molecule has 0 saturated heterocycles. The summed E-state index contributed by atoms with van der Waals surface area (Å²) < 4.78 is 4.68. The van der Waals surface area contributed by atoms with Crippen molar-refractivity contribution in [1.82, 2.24) is 9.97 Å². The Morgan fingerprint density at radius 1 is 1.35 bits per heavy atom. The minimum atomic E-state index is -0.486. The Morgan fingerprint density at radius 3 is 2.82 bits per heavy atom. The Balaban J connectivity index is 2.60. The van der Waals surface area contributed by atoms with Gasteiger partial charge in [-0.2, -0.15) is 0 Å². The van der Waals surface area contributed by atoms with Crippen molar-refractivity contribution in [2.24, 2.45) is 0 Å². The van der Waals surface area contributed by atoms with Crippen LogP contribution >= 0.6 is 11.6 Å². The normalized spacial score (nSPS) is 10.0. The van der Waals surface area contributed by atoms with Crippen LogP contribution in [0.5, 0.6) is 0 Å². The van der Waals surface area contributed by atoms with Crippen LogP contribution in [0.3, 0.4) is 0 Å². The molecule has 1 heterocycles. The van der Waals surface area contributed by atoms with E-state index < -0.39 is 5.97 Å². The van der Waals surface area contributed by atoms with E-state index in [1.165, 1.54) is 19.6 Å². The van der Waals surface area contributed by atoms with Gasteiger partial charge in [0.15, 0.2) is 0 Å². The van der Waals surface area contributed by atoms with E-state index in [4.69, 9.17) is 11.6 Å². The van der Waals surface area contributed by atoms with Crippen LogP contribution in [0, 0.1) is 0 Å². The molecule has 0 amide bonds. The van der Waals surface area contributed by atoms with Gasteiger partial charge in [-0.3, -0.25) is 0 Å². The maximum absolute atomic E-state index is 11.6. The number of methoxy groups -OCH3 is 1. The van der Waals surface area contributed by atoms with Crippen LogP contribution in [0.1, 0.15) is 10.4 Å². The molecule has 86 valence electrons. The van der Waals surface area contributed by atoms with Crippen LogP contribution in [0.2, 0.25) is 5.02 Å². The Kier molecular flexibility index (Phi) is 3.35. The molecule has 0 fully saturated rings. The van der Waals surface area contributed by atoms with Crippen molar-refractivity contribution in [2.45, 2.75) is 0 Å². The molecule has 0 radical (unpaired) electrons. The molecule has 0 spiro atoms.